The van der Waals surface area contributed by atoms with E-state index >= 15 is 0 Å². The van der Waals surface area contributed by atoms with Crippen LogP contribution >= 0.6 is 0 Å². The summed E-state index contributed by atoms with van der Waals surface area (Å²) in [5.74, 6) is 2.98. The van der Waals surface area contributed by atoms with Gasteiger partial charge in [0.05, 0.1) is 34.1 Å². The average molecular weight is 735 g/mol. The summed E-state index contributed by atoms with van der Waals surface area (Å²) >= 11 is 0. The molecule has 8 nitrogen and oxygen atoms in total. The van der Waals surface area contributed by atoms with E-state index in [9.17, 15) is 0 Å². The molecule has 0 saturated carbocycles. The first-order chi connectivity index (χ1) is 26.2. The van der Waals surface area contributed by atoms with Crippen LogP contribution in [-0.2, 0) is 13.0 Å². The second-order valence-electron chi connectivity index (χ2n) is 13.8. The molecule has 0 aliphatic carbocycles. The summed E-state index contributed by atoms with van der Waals surface area (Å²) in [7, 11) is 6.72. The fourth-order valence-corrected chi connectivity index (χ4v) is 7.34. The summed E-state index contributed by atoms with van der Waals surface area (Å²) in [6.45, 7) is 16.3. The van der Waals surface area contributed by atoms with E-state index in [1.807, 2.05) is 39.1 Å². The molecule has 0 spiro atoms. The molecule has 1 aliphatic heterocycles. The first-order valence-electron chi connectivity index (χ1n) is 19.3. The standard InChI is InChI=1S/C44H56N4O4.C2H6/c1-9-10-34-24-36(26-42(50-6)44(34)52-8)40-23-33(15-18-46-40)29-48(38-13-11-30(2)12-14-38)39-16-19-47(20-17-39)28-31(3)21-37(27-45)35-22-32(4)43(51-7)41(25-35)49-5;1-2/h11-15,18,21-27,39H,9-10,16-17,19-20,28-29,45H2,1-8H3;1-2H3/b31-21+,37-27+;. The van der Waals surface area contributed by atoms with E-state index in [0.717, 1.165) is 103 Å². The minimum atomic E-state index is 0.409. The predicted octanol–water partition coefficient (Wildman–Crippen LogP) is 9.80. The molecule has 0 atom stereocenters. The molecule has 2 heterocycles. The molecule has 5 rings (SSSR count). The van der Waals surface area contributed by atoms with Crippen LogP contribution in [0.3, 0.4) is 0 Å². The molecule has 0 radical (unpaired) electrons. The van der Waals surface area contributed by atoms with Crippen molar-refractivity contribution in [3.8, 4) is 34.3 Å². The number of ether oxygens (including phenoxy) is 4. The topological polar surface area (TPSA) is 82.3 Å². The molecule has 1 aromatic heterocycles. The number of rotatable bonds is 15. The number of aryl methyl sites for hydroxylation is 3. The molecule has 290 valence electrons. The summed E-state index contributed by atoms with van der Waals surface area (Å²) in [6.07, 6.45) is 9.87. The number of hydrogen-bond acceptors (Lipinski definition) is 8. The van der Waals surface area contributed by atoms with E-state index in [0.29, 0.717) is 11.8 Å². The van der Waals surface area contributed by atoms with Gasteiger partial charge in [-0.15, -0.1) is 0 Å². The van der Waals surface area contributed by atoms with Crippen LogP contribution in [0, 0.1) is 13.8 Å². The lowest BCUT2D eigenvalue weighted by atomic mass is 9.98. The van der Waals surface area contributed by atoms with Gasteiger partial charge >= 0.3 is 0 Å². The van der Waals surface area contributed by atoms with Gasteiger partial charge in [-0.05, 0) is 116 Å². The van der Waals surface area contributed by atoms with E-state index < -0.39 is 0 Å². The Morgan fingerprint density at radius 3 is 2.15 bits per heavy atom. The Kier molecular flexibility index (Phi) is 15.9. The van der Waals surface area contributed by atoms with E-state index in [1.165, 1.54) is 22.4 Å². The van der Waals surface area contributed by atoms with Gasteiger partial charge < -0.3 is 29.6 Å². The number of likely N-dealkylation sites (tertiary alicyclic amines) is 1. The molecule has 1 fully saturated rings. The molecule has 0 bridgehead atoms. The fourth-order valence-electron chi connectivity index (χ4n) is 7.34. The van der Waals surface area contributed by atoms with Crippen LogP contribution in [0.2, 0.25) is 0 Å². The second kappa shape index (κ2) is 20.5. The smallest absolute Gasteiger partial charge is 0.163 e. The fraction of sp³-hybridized carbons (Fsp3) is 0.413. The zero-order valence-electron chi connectivity index (χ0n) is 34.3. The maximum Gasteiger partial charge on any atom is 0.163 e. The minimum absolute atomic E-state index is 0.409. The van der Waals surface area contributed by atoms with E-state index in [4.69, 9.17) is 29.7 Å². The Balaban J connectivity index is 0.00000319. The number of hydrogen-bond donors (Lipinski definition) is 1. The van der Waals surface area contributed by atoms with E-state index in [-0.39, 0.29) is 0 Å². The van der Waals surface area contributed by atoms with Crippen molar-refractivity contribution in [2.45, 2.75) is 79.8 Å². The third kappa shape index (κ3) is 10.4. The van der Waals surface area contributed by atoms with Crippen LogP contribution in [0.5, 0.6) is 23.0 Å². The zero-order valence-corrected chi connectivity index (χ0v) is 34.3. The molecular formula is C46H62N4O4. The van der Waals surface area contributed by atoms with Gasteiger partial charge in [-0.2, -0.15) is 0 Å². The summed E-state index contributed by atoms with van der Waals surface area (Å²) in [4.78, 5) is 9.94. The van der Waals surface area contributed by atoms with Crippen LogP contribution in [0.15, 0.2) is 84.7 Å². The van der Waals surface area contributed by atoms with Crippen molar-refractivity contribution in [3.05, 3.63) is 113 Å². The Morgan fingerprint density at radius 2 is 1.54 bits per heavy atom. The first-order valence-corrected chi connectivity index (χ1v) is 19.3. The van der Waals surface area contributed by atoms with Crippen molar-refractivity contribution in [1.82, 2.24) is 9.88 Å². The van der Waals surface area contributed by atoms with Crippen LogP contribution in [0.4, 0.5) is 5.69 Å². The Labute approximate surface area is 324 Å². The largest absolute Gasteiger partial charge is 0.493 e. The SMILES string of the molecule is CC.CCCc1cc(-c2cc(CN(c3ccc(C)cc3)C3CCN(C/C(C)=C/C(=C\N)c4cc(C)c(OC)c(OC)c4)CC3)ccn2)cc(OC)c1OC. The summed E-state index contributed by atoms with van der Waals surface area (Å²) < 4.78 is 22.6. The van der Waals surface area contributed by atoms with Crippen LogP contribution in [-0.4, -0.2) is 64.0 Å². The maximum atomic E-state index is 6.15. The molecule has 54 heavy (non-hydrogen) atoms. The highest BCUT2D eigenvalue weighted by molar-refractivity contribution is 5.76. The Bertz CT molecular complexity index is 1860. The molecule has 4 aromatic rings. The normalized spacial score (nSPS) is 13.9. The van der Waals surface area contributed by atoms with Gasteiger partial charge in [0, 0.05) is 55.9 Å². The van der Waals surface area contributed by atoms with Gasteiger partial charge in [0.2, 0.25) is 0 Å². The molecule has 0 unspecified atom stereocenters. The third-order valence-corrected chi connectivity index (χ3v) is 9.96. The maximum absolute atomic E-state index is 6.15. The van der Waals surface area contributed by atoms with Crippen molar-refractivity contribution in [3.63, 3.8) is 0 Å². The van der Waals surface area contributed by atoms with Crippen LogP contribution in [0.25, 0.3) is 16.8 Å². The highest BCUT2D eigenvalue weighted by Gasteiger charge is 2.26. The minimum Gasteiger partial charge on any atom is -0.493 e. The quantitative estimate of drug-likeness (QED) is 0.121. The number of benzene rings is 3. The lowest BCUT2D eigenvalue weighted by Gasteiger charge is -2.40. The Hall–Kier alpha value is -4.95. The first kappa shape index (κ1) is 41.8. The number of methoxy groups -OCH3 is 4. The summed E-state index contributed by atoms with van der Waals surface area (Å²) in [5.41, 5.74) is 17.2. The third-order valence-electron chi connectivity index (χ3n) is 9.96. The number of aromatic nitrogens is 1. The van der Waals surface area contributed by atoms with Gasteiger partial charge in [-0.1, -0.05) is 56.5 Å². The molecule has 1 saturated heterocycles. The van der Waals surface area contributed by atoms with Crippen molar-refractivity contribution >= 4 is 11.3 Å². The van der Waals surface area contributed by atoms with Crippen LogP contribution < -0.4 is 29.6 Å². The summed E-state index contributed by atoms with van der Waals surface area (Å²) in [5, 5.41) is 0. The van der Waals surface area contributed by atoms with E-state index in [2.05, 4.69) is 85.2 Å². The number of nitrogens with zero attached hydrogens (tertiary/aromatic N) is 3. The van der Waals surface area contributed by atoms with Crippen molar-refractivity contribution in [2.75, 3.05) is 53.0 Å². The predicted molar refractivity (Wildman–Crippen MR) is 225 cm³/mol. The van der Waals surface area contributed by atoms with Crippen molar-refractivity contribution < 1.29 is 18.9 Å². The summed E-state index contributed by atoms with van der Waals surface area (Å²) in [6, 6.07) is 22.0. The van der Waals surface area contributed by atoms with Gasteiger partial charge in [-0.3, -0.25) is 9.88 Å². The number of nitrogens with two attached hydrogens (primary N) is 1. The number of allylic oxidation sites excluding steroid dienone is 2. The van der Waals surface area contributed by atoms with Crippen LogP contribution in [0.1, 0.15) is 74.8 Å². The molecule has 1 aliphatic rings. The molecule has 8 heteroatoms. The van der Waals surface area contributed by atoms with Crippen molar-refractivity contribution in [2.24, 2.45) is 5.73 Å². The molecule has 2 N–H and O–H groups in total. The zero-order chi connectivity index (χ0) is 39.2. The van der Waals surface area contributed by atoms with Gasteiger partial charge in [0.15, 0.2) is 23.0 Å². The number of piperidine rings is 1. The number of anilines is 1. The monoisotopic (exact) mass is 734 g/mol. The number of pyridine rings is 1. The highest BCUT2D eigenvalue weighted by Crippen LogP contribution is 2.38. The lowest BCUT2D eigenvalue weighted by molar-refractivity contribution is 0.223. The lowest BCUT2D eigenvalue weighted by Crippen LogP contribution is -2.45. The van der Waals surface area contributed by atoms with E-state index in [1.54, 1.807) is 34.6 Å². The van der Waals surface area contributed by atoms with Gasteiger partial charge in [0.25, 0.3) is 0 Å². The van der Waals surface area contributed by atoms with Gasteiger partial charge in [0.1, 0.15) is 0 Å². The van der Waals surface area contributed by atoms with Crippen molar-refractivity contribution in [1.29, 1.82) is 0 Å². The molecular weight excluding hydrogens is 673 g/mol. The second-order valence-corrected chi connectivity index (χ2v) is 13.8. The molecule has 0 amide bonds. The highest BCUT2D eigenvalue weighted by atomic mass is 16.5. The Morgan fingerprint density at radius 1 is 0.870 bits per heavy atom. The average Bonchev–Trinajstić information content (AvgIpc) is 3.20. The molecule has 3 aromatic carbocycles. The van der Waals surface area contributed by atoms with Gasteiger partial charge in [-0.25, -0.2) is 0 Å².